The fourth-order valence-electron chi connectivity index (χ4n) is 16.7. The number of carbonyl (C=O) groups is 2. The maximum absolute atomic E-state index is 14.3. The quantitative estimate of drug-likeness (QED) is 0.162. The standard InChI is InChI=1S/C50H73NO8/c1-28(2)40-34(52)24-49(38(53)26-51-25-29-10-14-35-36(22-29)58-27-57-35)20-18-46(7)31(41(40)49)13-15-37-47(46,8)19-21-50(30-11-12-30)45(5,6)39(16-17-48(37,50)9)59-43(56)33-23-32(42(54)55)44(33,3)4/h10,14,22,28,30-33,37-39,43,51,53,56H,11-13,15-21,23-27H2,1-9H3,(H,54,55)/t31-,32?,33-,37+,38+,39?,43?,46-,47?,48-,49?,50-/m1/s1. The van der Waals surface area contributed by atoms with Crippen LogP contribution in [0, 0.1) is 73.4 Å². The van der Waals surface area contributed by atoms with E-state index < -0.39 is 35.1 Å². The number of ketones is 1. The van der Waals surface area contributed by atoms with E-state index in [4.69, 9.17) is 14.2 Å². The maximum Gasteiger partial charge on any atom is 0.307 e. The third-order valence-electron chi connectivity index (χ3n) is 20.2. The predicted octanol–water partition coefficient (Wildman–Crippen LogP) is 9.08. The van der Waals surface area contributed by atoms with Crippen LogP contribution >= 0.6 is 0 Å². The zero-order chi connectivity index (χ0) is 42.3. The lowest BCUT2D eigenvalue weighted by Gasteiger charge is -2.76. The smallest absolute Gasteiger partial charge is 0.307 e. The van der Waals surface area contributed by atoms with Gasteiger partial charge in [0.2, 0.25) is 6.79 Å². The predicted molar refractivity (Wildman–Crippen MR) is 225 cm³/mol. The maximum atomic E-state index is 14.3. The first-order valence-corrected chi connectivity index (χ1v) is 23.3. The number of rotatable bonds is 11. The van der Waals surface area contributed by atoms with Crippen molar-refractivity contribution in [2.45, 2.75) is 164 Å². The molecule has 9 rings (SSSR count). The summed E-state index contributed by atoms with van der Waals surface area (Å²) in [6.45, 7) is 22.3. The summed E-state index contributed by atoms with van der Waals surface area (Å²) in [5.41, 5.74) is 2.36. The van der Waals surface area contributed by atoms with Gasteiger partial charge in [-0.3, -0.25) is 9.59 Å². The highest BCUT2D eigenvalue weighted by Gasteiger charge is 2.77. The van der Waals surface area contributed by atoms with Crippen LogP contribution in [0.5, 0.6) is 11.5 Å². The van der Waals surface area contributed by atoms with Crippen LogP contribution < -0.4 is 14.8 Å². The number of fused-ring (bicyclic) bond motifs is 8. The number of allylic oxidation sites excluding steroid dienone is 1. The highest BCUT2D eigenvalue weighted by Crippen LogP contribution is 2.83. The number of carboxylic acid groups (broad SMARTS) is 1. The Labute approximate surface area is 352 Å². The molecule has 9 heteroatoms. The molecule has 12 atom stereocenters. The van der Waals surface area contributed by atoms with Gasteiger partial charge in [-0.1, -0.05) is 74.0 Å². The van der Waals surface area contributed by atoms with Gasteiger partial charge in [-0.05, 0) is 150 Å². The lowest BCUT2D eigenvalue weighted by Crippen LogP contribution is -2.71. The third-order valence-corrected chi connectivity index (χ3v) is 20.2. The molecule has 0 saturated heterocycles. The van der Waals surface area contributed by atoms with Crippen molar-refractivity contribution in [3.63, 3.8) is 0 Å². The van der Waals surface area contributed by atoms with Crippen LogP contribution in [0.25, 0.3) is 0 Å². The fourth-order valence-corrected chi connectivity index (χ4v) is 16.7. The van der Waals surface area contributed by atoms with Gasteiger partial charge in [0.05, 0.1) is 18.1 Å². The van der Waals surface area contributed by atoms with Crippen LogP contribution in [0.1, 0.15) is 145 Å². The Bertz CT molecular complexity index is 1920. The molecule has 59 heavy (non-hydrogen) atoms. The molecule has 6 fully saturated rings. The van der Waals surface area contributed by atoms with E-state index in [-0.39, 0.29) is 63.5 Å². The molecular weight excluding hydrogens is 743 g/mol. The highest BCUT2D eigenvalue weighted by atomic mass is 16.7. The highest BCUT2D eigenvalue weighted by molar-refractivity contribution is 6.00. The number of carboxylic acids is 1. The van der Waals surface area contributed by atoms with Gasteiger partial charge in [0, 0.05) is 30.8 Å². The Hall–Kier alpha value is -2.46. The first kappa shape index (κ1) is 41.9. The molecule has 0 aromatic heterocycles. The second-order valence-electron chi connectivity index (χ2n) is 23.1. The Morgan fingerprint density at radius 1 is 0.881 bits per heavy atom. The van der Waals surface area contributed by atoms with E-state index in [9.17, 15) is 24.9 Å². The van der Waals surface area contributed by atoms with E-state index in [0.29, 0.717) is 37.8 Å². The van der Waals surface area contributed by atoms with Gasteiger partial charge in [-0.2, -0.15) is 0 Å². The summed E-state index contributed by atoms with van der Waals surface area (Å²) >= 11 is 0. The number of hydrogen-bond acceptors (Lipinski definition) is 8. The molecule has 326 valence electrons. The van der Waals surface area contributed by atoms with Crippen LogP contribution in [-0.4, -0.2) is 58.9 Å². The monoisotopic (exact) mass is 816 g/mol. The molecule has 0 amide bonds. The second kappa shape index (κ2) is 13.8. The van der Waals surface area contributed by atoms with Crippen LogP contribution in [0.15, 0.2) is 29.3 Å². The molecule has 0 radical (unpaired) electrons. The minimum absolute atomic E-state index is 0.0119. The average molecular weight is 816 g/mol. The van der Waals surface area contributed by atoms with Crippen LogP contribution in [0.3, 0.4) is 0 Å². The average Bonchev–Trinajstić information content (AvgIpc) is 3.81. The van der Waals surface area contributed by atoms with Crippen molar-refractivity contribution in [3.05, 3.63) is 34.9 Å². The molecule has 0 spiro atoms. The first-order valence-electron chi connectivity index (χ1n) is 23.3. The van der Waals surface area contributed by atoms with Gasteiger partial charge >= 0.3 is 5.97 Å². The largest absolute Gasteiger partial charge is 0.481 e. The molecule has 6 saturated carbocycles. The normalized spacial score (nSPS) is 42.6. The number of ether oxygens (including phenoxy) is 3. The van der Waals surface area contributed by atoms with Gasteiger partial charge < -0.3 is 34.8 Å². The van der Waals surface area contributed by atoms with Crippen molar-refractivity contribution in [3.8, 4) is 11.5 Å². The van der Waals surface area contributed by atoms with Gasteiger partial charge in [0.1, 0.15) is 0 Å². The number of carbonyl (C=O) groups excluding carboxylic acids is 1. The van der Waals surface area contributed by atoms with E-state index in [0.717, 1.165) is 74.0 Å². The summed E-state index contributed by atoms with van der Waals surface area (Å²) in [6, 6.07) is 5.99. The molecule has 9 nitrogen and oxygen atoms in total. The van der Waals surface area contributed by atoms with Gasteiger partial charge in [0.25, 0.3) is 0 Å². The number of hydrogen-bond donors (Lipinski definition) is 4. The van der Waals surface area contributed by atoms with Crippen molar-refractivity contribution in [1.29, 1.82) is 0 Å². The second-order valence-corrected chi connectivity index (χ2v) is 23.1. The number of Topliss-reactive ketones (excluding diaryl/α,β-unsaturated/α-hetero) is 1. The lowest BCUT2D eigenvalue weighted by molar-refractivity contribution is -0.315. The fraction of sp³-hybridized carbons (Fsp3) is 0.800. The Balaban J connectivity index is 0.988. The van der Waals surface area contributed by atoms with E-state index >= 15 is 0 Å². The molecular formula is C50H73NO8. The zero-order valence-corrected chi connectivity index (χ0v) is 37.4. The molecule has 7 aliphatic carbocycles. The molecule has 0 bridgehead atoms. The number of aliphatic hydroxyl groups is 2. The van der Waals surface area contributed by atoms with Crippen molar-refractivity contribution in [1.82, 2.24) is 5.32 Å². The van der Waals surface area contributed by atoms with Gasteiger partial charge in [0.15, 0.2) is 23.6 Å². The first-order chi connectivity index (χ1) is 27.7. The zero-order valence-electron chi connectivity index (χ0n) is 37.4. The number of benzene rings is 1. The SMILES string of the molecule is CC(C)C1=C2[C@H]3CC[C@H]4C(C)(CC[C@@]5(C6CC6)C(C)(C)C(OC(O)[C@H]6CC(C(=O)O)C6(C)C)CC[C@]45C)[C@]3(C)CCC2([C@@H](O)CNCc2ccc3c(c2)OCO3)CC1=O. The van der Waals surface area contributed by atoms with Crippen LogP contribution in [-0.2, 0) is 20.9 Å². The number of aliphatic carboxylic acids is 1. The van der Waals surface area contributed by atoms with Gasteiger partial charge in [-0.15, -0.1) is 0 Å². The van der Waals surface area contributed by atoms with E-state index in [2.05, 4.69) is 53.8 Å². The Morgan fingerprint density at radius 3 is 2.27 bits per heavy atom. The van der Waals surface area contributed by atoms with E-state index in [1.165, 1.54) is 18.4 Å². The summed E-state index contributed by atoms with van der Waals surface area (Å²) in [4.78, 5) is 26.2. The summed E-state index contributed by atoms with van der Waals surface area (Å²) in [7, 11) is 0. The van der Waals surface area contributed by atoms with Crippen molar-refractivity contribution in [2.75, 3.05) is 13.3 Å². The minimum atomic E-state index is -0.969. The Morgan fingerprint density at radius 2 is 1.59 bits per heavy atom. The minimum Gasteiger partial charge on any atom is -0.481 e. The van der Waals surface area contributed by atoms with Crippen LogP contribution in [0.2, 0.25) is 0 Å². The molecule has 1 aliphatic heterocycles. The van der Waals surface area contributed by atoms with Crippen LogP contribution in [0.4, 0.5) is 0 Å². The Kier molecular flexibility index (Phi) is 9.77. The molecule has 4 N–H and O–H groups in total. The third kappa shape index (κ3) is 5.60. The molecule has 5 unspecified atom stereocenters. The molecule has 1 aromatic carbocycles. The van der Waals surface area contributed by atoms with E-state index in [1.54, 1.807) is 0 Å². The summed E-state index contributed by atoms with van der Waals surface area (Å²) in [6.07, 6.45) is 9.87. The van der Waals surface area contributed by atoms with Crippen molar-refractivity contribution in [2.24, 2.45) is 73.4 Å². The number of aliphatic hydroxyl groups excluding tert-OH is 2. The summed E-state index contributed by atoms with van der Waals surface area (Å²) in [5, 5.41) is 37.4. The lowest BCUT2D eigenvalue weighted by atomic mass is 9.28. The summed E-state index contributed by atoms with van der Waals surface area (Å²) in [5.74, 6) is 1.86. The van der Waals surface area contributed by atoms with Gasteiger partial charge in [-0.25, -0.2) is 0 Å². The molecule has 1 aromatic rings. The summed E-state index contributed by atoms with van der Waals surface area (Å²) < 4.78 is 17.9. The van der Waals surface area contributed by atoms with E-state index in [1.807, 2.05) is 32.0 Å². The van der Waals surface area contributed by atoms with Crippen molar-refractivity contribution >= 4 is 11.8 Å². The van der Waals surface area contributed by atoms with Crippen molar-refractivity contribution < 1.29 is 39.1 Å². The molecule has 8 aliphatic rings. The topological polar surface area (TPSA) is 135 Å². The number of nitrogens with one attached hydrogen (secondary N) is 1. The molecule has 1 heterocycles.